The van der Waals surface area contributed by atoms with Crippen LogP contribution in [0.3, 0.4) is 0 Å². The Balaban J connectivity index is 2.79. The van der Waals surface area contributed by atoms with Gasteiger partial charge in [-0.25, -0.2) is 4.39 Å². The van der Waals surface area contributed by atoms with E-state index in [9.17, 15) is 4.39 Å². The van der Waals surface area contributed by atoms with Crippen molar-refractivity contribution < 1.29 is 4.39 Å². The van der Waals surface area contributed by atoms with Crippen LogP contribution in [-0.4, -0.2) is 5.67 Å². The molecule has 0 bridgehead atoms. The molecular weight excluding hydrogens is 151 g/mol. The highest BCUT2D eigenvalue weighted by Crippen LogP contribution is 2.30. The van der Waals surface area contributed by atoms with E-state index < -0.39 is 5.67 Å². The first-order valence-corrected chi connectivity index (χ1v) is 4.63. The Morgan fingerprint density at radius 2 is 2.25 bits per heavy atom. The average molecular weight is 168 g/mol. The highest BCUT2D eigenvalue weighted by molar-refractivity contribution is 5.35. The number of allylic oxidation sites excluding steroid dienone is 4. The summed E-state index contributed by atoms with van der Waals surface area (Å²) in [6.07, 6.45) is 6.41. The number of hydrogen-bond donors (Lipinski definition) is 0. The number of alkyl halides is 1. The van der Waals surface area contributed by atoms with Crippen molar-refractivity contribution in [2.45, 2.75) is 45.7 Å². The molecule has 1 atom stereocenters. The molecule has 1 rings (SSSR count). The second kappa shape index (κ2) is 3.42. The zero-order valence-electron chi connectivity index (χ0n) is 8.15. The lowest BCUT2D eigenvalue weighted by Crippen LogP contribution is -2.17. The van der Waals surface area contributed by atoms with Gasteiger partial charge in [0.05, 0.1) is 0 Å². The molecule has 0 nitrogen and oxygen atoms in total. The molecule has 0 aliphatic heterocycles. The molecule has 68 valence electrons. The van der Waals surface area contributed by atoms with Crippen molar-refractivity contribution in [2.75, 3.05) is 0 Å². The summed E-state index contributed by atoms with van der Waals surface area (Å²) in [4.78, 5) is 0. The molecule has 0 heterocycles. The summed E-state index contributed by atoms with van der Waals surface area (Å²) in [7, 11) is 0. The van der Waals surface area contributed by atoms with Crippen LogP contribution in [0.25, 0.3) is 0 Å². The predicted molar refractivity (Wildman–Crippen MR) is 50.9 cm³/mol. The van der Waals surface area contributed by atoms with Gasteiger partial charge in [0.1, 0.15) is 5.67 Å². The van der Waals surface area contributed by atoms with Crippen LogP contribution in [0, 0.1) is 0 Å². The summed E-state index contributed by atoms with van der Waals surface area (Å²) in [6.45, 7) is 5.83. The van der Waals surface area contributed by atoms with E-state index in [0.29, 0.717) is 6.42 Å². The summed E-state index contributed by atoms with van der Waals surface area (Å²) in [5.41, 5.74) is 1.34. The van der Waals surface area contributed by atoms with Crippen LogP contribution in [0.2, 0.25) is 0 Å². The molecule has 0 radical (unpaired) electrons. The maximum Gasteiger partial charge on any atom is 0.130 e. The molecule has 12 heavy (non-hydrogen) atoms. The van der Waals surface area contributed by atoms with Crippen molar-refractivity contribution in [3.8, 4) is 0 Å². The summed E-state index contributed by atoms with van der Waals surface area (Å²) in [5, 5.41) is 0. The molecule has 1 aliphatic rings. The van der Waals surface area contributed by atoms with Crippen molar-refractivity contribution >= 4 is 0 Å². The normalized spacial score (nSPS) is 29.7. The highest BCUT2D eigenvalue weighted by atomic mass is 19.1. The molecular formula is C11H17F. The van der Waals surface area contributed by atoms with Crippen LogP contribution in [-0.2, 0) is 0 Å². The SMILES string of the molecule is CCCC1=CC(C)(F)CC=C1C. The third kappa shape index (κ3) is 2.20. The van der Waals surface area contributed by atoms with E-state index >= 15 is 0 Å². The van der Waals surface area contributed by atoms with Crippen molar-refractivity contribution in [3.63, 3.8) is 0 Å². The van der Waals surface area contributed by atoms with Crippen LogP contribution >= 0.6 is 0 Å². The van der Waals surface area contributed by atoms with Gasteiger partial charge in [-0.15, -0.1) is 0 Å². The predicted octanol–water partition coefficient (Wildman–Crippen LogP) is 3.79. The molecule has 0 aromatic carbocycles. The minimum Gasteiger partial charge on any atom is -0.239 e. The van der Waals surface area contributed by atoms with Crippen molar-refractivity contribution in [1.82, 2.24) is 0 Å². The number of rotatable bonds is 2. The van der Waals surface area contributed by atoms with Crippen LogP contribution in [0.15, 0.2) is 23.3 Å². The largest absolute Gasteiger partial charge is 0.239 e. The first-order valence-electron chi connectivity index (χ1n) is 4.63. The van der Waals surface area contributed by atoms with Crippen molar-refractivity contribution in [1.29, 1.82) is 0 Å². The van der Waals surface area contributed by atoms with Crippen molar-refractivity contribution in [2.24, 2.45) is 0 Å². The standard InChI is InChI=1S/C11H17F/c1-4-5-10-8-11(3,12)7-6-9(10)2/h6,8H,4-5,7H2,1-3H3. The molecule has 0 amide bonds. The number of halogens is 1. The van der Waals surface area contributed by atoms with Gasteiger partial charge in [0.25, 0.3) is 0 Å². The quantitative estimate of drug-likeness (QED) is 0.588. The highest BCUT2D eigenvalue weighted by Gasteiger charge is 2.23. The van der Waals surface area contributed by atoms with E-state index in [2.05, 4.69) is 13.8 Å². The summed E-state index contributed by atoms with van der Waals surface area (Å²) in [5.74, 6) is 0. The van der Waals surface area contributed by atoms with Crippen LogP contribution in [0.1, 0.15) is 40.0 Å². The molecule has 0 saturated carbocycles. The third-order valence-corrected chi connectivity index (χ3v) is 2.31. The van der Waals surface area contributed by atoms with E-state index in [-0.39, 0.29) is 0 Å². The first kappa shape index (κ1) is 9.50. The second-order valence-electron chi connectivity index (χ2n) is 3.79. The molecule has 0 saturated heterocycles. The fourth-order valence-electron chi connectivity index (χ4n) is 1.56. The summed E-state index contributed by atoms with van der Waals surface area (Å²) >= 11 is 0. The molecule has 0 fully saturated rings. The van der Waals surface area contributed by atoms with Gasteiger partial charge in [-0.3, -0.25) is 0 Å². The molecule has 1 unspecified atom stereocenters. The lowest BCUT2D eigenvalue weighted by molar-refractivity contribution is 0.256. The van der Waals surface area contributed by atoms with E-state index in [1.54, 1.807) is 13.0 Å². The molecule has 0 spiro atoms. The molecule has 1 aliphatic carbocycles. The zero-order chi connectivity index (χ0) is 9.19. The van der Waals surface area contributed by atoms with Gasteiger partial charge in [-0.2, -0.15) is 0 Å². The Morgan fingerprint density at radius 1 is 1.58 bits per heavy atom. The fourth-order valence-corrected chi connectivity index (χ4v) is 1.56. The maximum absolute atomic E-state index is 13.5. The van der Waals surface area contributed by atoms with Gasteiger partial charge >= 0.3 is 0 Å². The molecule has 1 heteroatoms. The third-order valence-electron chi connectivity index (χ3n) is 2.31. The van der Waals surface area contributed by atoms with Crippen molar-refractivity contribution in [3.05, 3.63) is 23.3 Å². The van der Waals surface area contributed by atoms with Crippen LogP contribution in [0.4, 0.5) is 4.39 Å². The van der Waals surface area contributed by atoms with E-state index in [0.717, 1.165) is 12.8 Å². The topological polar surface area (TPSA) is 0 Å². The van der Waals surface area contributed by atoms with Gasteiger partial charge in [0.15, 0.2) is 0 Å². The Morgan fingerprint density at radius 3 is 2.83 bits per heavy atom. The average Bonchev–Trinajstić information content (AvgIpc) is 1.97. The van der Waals surface area contributed by atoms with E-state index in [1.807, 2.05) is 6.08 Å². The number of hydrogen-bond acceptors (Lipinski definition) is 0. The zero-order valence-corrected chi connectivity index (χ0v) is 8.15. The monoisotopic (exact) mass is 168 g/mol. The van der Waals surface area contributed by atoms with Crippen LogP contribution < -0.4 is 0 Å². The smallest absolute Gasteiger partial charge is 0.130 e. The lowest BCUT2D eigenvalue weighted by atomic mass is 9.88. The van der Waals surface area contributed by atoms with E-state index in [1.165, 1.54) is 11.1 Å². The molecule has 0 N–H and O–H groups in total. The van der Waals surface area contributed by atoms with Gasteiger partial charge in [0, 0.05) is 6.42 Å². The molecule has 0 aromatic heterocycles. The van der Waals surface area contributed by atoms with Gasteiger partial charge in [0.2, 0.25) is 0 Å². The summed E-state index contributed by atoms with van der Waals surface area (Å²) in [6, 6.07) is 0. The minimum absolute atomic E-state index is 0.534. The van der Waals surface area contributed by atoms with Gasteiger partial charge in [-0.1, -0.05) is 25.0 Å². The summed E-state index contributed by atoms with van der Waals surface area (Å²) < 4.78 is 13.5. The Hall–Kier alpha value is -0.590. The van der Waals surface area contributed by atoms with Gasteiger partial charge < -0.3 is 0 Å². The van der Waals surface area contributed by atoms with Crippen LogP contribution in [0.5, 0.6) is 0 Å². The van der Waals surface area contributed by atoms with E-state index in [4.69, 9.17) is 0 Å². The lowest BCUT2D eigenvalue weighted by Gasteiger charge is -2.22. The minimum atomic E-state index is -1.11. The molecule has 0 aromatic rings. The fraction of sp³-hybridized carbons (Fsp3) is 0.636. The first-order chi connectivity index (χ1) is 5.55. The second-order valence-corrected chi connectivity index (χ2v) is 3.79. The van der Waals surface area contributed by atoms with Gasteiger partial charge in [-0.05, 0) is 31.9 Å². The maximum atomic E-state index is 13.5. The Kier molecular flexibility index (Phi) is 2.71. The Labute approximate surface area is 74.2 Å². The Bertz CT molecular complexity index is 221.